The standard InChI is InChI=1S/C19H18ClN3O4S/c1-11-15-10-21-22-19(15)18-16(8-13(26-2)9-17(18)27-3)23(11)28(24,25)14-6-4-12(20)5-7-14/h4-11H,1-3H3,(H,21,22). The van der Waals surface area contributed by atoms with Gasteiger partial charge in [0.1, 0.15) is 11.5 Å². The number of fused-ring (bicyclic) bond motifs is 3. The summed E-state index contributed by atoms with van der Waals surface area (Å²) in [4.78, 5) is 0.142. The van der Waals surface area contributed by atoms with Crippen molar-refractivity contribution in [2.45, 2.75) is 17.9 Å². The number of hydrogen-bond donors (Lipinski definition) is 1. The summed E-state index contributed by atoms with van der Waals surface area (Å²) in [6.45, 7) is 1.82. The Morgan fingerprint density at radius 1 is 1.14 bits per heavy atom. The molecule has 7 nitrogen and oxygen atoms in total. The van der Waals surface area contributed by atoms with Gasteiger partial charge < -0.3 is 9.47 Å². The van der Waals surface area contributed by atoms with E-state index in [2.05, 4.69) is 10.2 Å². The molecule has 2 heterocycles. The van der Waals surface area contributed by atoms with E-state index in [4.69, 9.17) is 21.1 Å². The molecule has 1 atom stereocenters. The van der Waals surface area contributed by atoms with Crippen LogP contribution in [0.5, 0.6) is 11.5 Å². The van der Waals surface area contributed by atoms with Crippen LogP contribution >= 0.6 is 11.6 Å². The third kappa shape index (κ3) is 2.71. The fourth-order valence-corrected chi connectivity index (χ4v) is 5.25. The zero-order chi connectivity index (χ0) is 20.1. The Bertz CT molecular complexity index is 1140. The van der Waals surface area contributed by atoms with E-state index in [-0.39, 0.29) is 4.90 Å². The van der Waals surface area contributed by atoms with Crippen LogP contribution in [0, 0.1) is 0 Å². The van der Waals surface area contributed by atoms with Crippen molar-refractivity contribution in [1.82, 2.24) is 10.2 Å². The molecule has 1 aliphatic heterocycles. The highest BCUT2D eigenvalue weighted by Gasteiger charge is 2.39. The largest absolute Gasteiger partial charge is 0.497 e. The third-order valence-corrected chi connectivity index (χ3v) is 6.99. The first-order valence-corrected chi connectivity index (χ1v) is 10.3. The number of aromatic amines is 1. The minimum Gasteiger partial charge on any atom is -0.497 e. The van der Waals surface area contributed by atoms with Crippen LogP contribution in [0.3, 0.4) is 0 Å². The molecule has 0 saturated carbocycles. The predicted molar refractivity (Wildman–Crippen MR) is 107 cm³/mol. The lowest BCUT2D eigenvalue weighted by molar-refractivity contribution is 0.395. The highest BCUT2D eigenvalue weighted by atomic mass is 35.5. The predicted octanol–water partition coefficient (Wildman–Crippen LogP) is 4.02. The van der Waals surface area contributed by atoms with Gasteiger partial charge in [-0.3, -0.25) is 9.40 Å². The normalized spacial score (nSPS) is 15.7. The second-order valence-electron chi connectivity index (χ2n) is 6.35. The Morgan fingerprint density at radius 3 is 2.50 bits per heavy atom. The molecule has 0 aliphatic carbocycles. The van der Waals surface area contributed by atoms with Crippen LogP contribution < -0.4 is 13.8 Å². The van der Waals surface area contributed by atoms with E-state index >= 15 is 0 Å². The molecule has 0 bridgehead atoms. The zero-order valence-corrected chi connectivity index (χ0v) is 17.0. The number of rotatable bonds is 4. The highest BCUT2D eigenvalue weighted by molar-refractivity contribution is 7.92. The first-order valence-electron chi connectivity index (χ1n) is 8.48. The number of methoxy groups -OCH3 is 2. The Morgan fingerprint density at radius 2 is 1.86 bits per heavy atom. The van der Waals surface area contributed by atoms with Gasteiger partial charge in [-0.2, -0.15) is 5.10 Å². The quantitative estimate of drug-likeness (QED) is 0.690. The van der Waals surface area contributed by atoms with Crippen LogP contribution in [0.2, 0.25) is 5.02 Å². The molecule has 0 fully saturated rings. The number of hydrogen-bond acceptors (Lipinski definition) is 5. The van der Waals surface area contributed by atoms with Gasteiger partial charge in [0.15, 0.2) is 0 Å². The van der Waals surface area contributed by atoms with E-state index in [0.29, 0.717) is 27.8 Å². The van der Waals surface area contributed by atoms with Crippen molar-refractivity contribution >= 4 is 27.3 Å². The minimum absolute atomic E-state index is 0.142. The summed E-state index contributed by atoms with van der Waals surface area (Å²) in [5.41, 5.74) is 2.56. The zero-order valence-electron chi connectivity index (χ0n) is 15.4. The molecule has 0 amide bonds. The fraction of sp³-hybridized carbons (Fsp3) is 0.211. The van der Waals surface area contributed by atoms with Crippen molar-refractivity contribution in [3.63, 3.8) is 0 Å². The summed E-state index contributed by atoms with van der Waals surface area (Å²) >= 11 is 5.93. The van der Waals surface area contributed by atoms with Gasteiger partial charge >= 0.3 is 0 Å². The number of halogens is 1. The van der Waals surface area contributed by atoms with E-state index < -0.39 is 16.1 Å². The molecule has 146 valence electrons. The topological polar surface area (TPSA) is 84.5 Å². The second kappa shape index (κ2) is 6.72. The van der Waals surface area contributed by atoms with Crippen molar-refractivity contribution in [2.75, 3.05) is 18.5 Å². The molecule has 1 aliphatic rings. The molecular weight excluding hydrogens is 402 g/mol. The highest BCUT2D eigenvalue weighted by Crippen LogP contribution is 2.51. The van der Waals surface area contributed by atoms with Crippen molar-refractivity contribution < 1.29 is 17.9 Å². The van der Waals surface area contributed by atoms with Crippen LogP contribution in [0.15, 0.2) is 47.5 Å². The van der Waals surface area contributed by atoms with Gasteiger partial charge in [0, 0.05) is 22.7 Å². The number of benzene rings is 2. The summed E-state index contributed by atoms with van der Waals surface area (Å²) in [7, 11) is -0.840. The molecule has 1 aromatic heterocycles. The van der Waals surface area contributed by atoms with Gasteiger partial charge in [-0.15, -0.1) is 0 Å². The fourth-order valence-electron chi connectivity index (χ4n) is 3.49. The molecule has 0 radical (unpaired) electrons. The number of nitrogens with zero attached hydrogens (tertiary/aromatic N) is 2. The molecule has 2 aromatic carbocycles. The SMILES string of the molecule is COc1cc(OC)c2c(c1)N(S(=O)(=O)c1ccc(Cl)cc1)C(C)c1cn[nH]c1-2. The molecule has 1 N–H and O–H groups in total. The number of ether oxygens (including phenoxy) is 2. The van der Waals surface area contributed by atoms with E-state index in [1.807, 2.05) is 6.92 Å². The molecule has 4 rings (SSSR count). The van der Waals surface area contributed by atoms with Crippen LogP contribution in [0.4, 0.5) is 5.69 Å². The smallest absolute Gasteiger partial charge is 0.264 e. The number of nitrogens with one attached hydrogen (secondary N) is 1. The van der Waals surface area contributed by atoms with E-state index in [9.17, 15) is 8.42 Å². The maximum Gasteiger partial charge on any atom is 0.264 e. The molecule has 1 unspecified atom stereocenters. The molecular formula is C19H18ClN3O4S. The van der Waals surface area contributed by atoms with Gasteiger partial charge in [0.05, 0.1) is 48.3 Å². The maximum atomic E-state index is 13.6. The third-order valence-electron chi connectivity index (χ3n) is 4.84. The lowest BCUT2D eigenvalue weighted by Gasteiger charge is -2.36. The van der Waals surface area contributed by atoms with Crippen LogP contribution in [0.1, 0.15) is 18.5 Å². The molecule has 0 spiro atoms. The van der Waals surface area contributed by atoms with Crippen molar-refractivity contribution in [3.05, 3.63) is 53.2 Å². The number of anilines is 1. The summed E-state index contributed by atoms with van der Waals surface area (Å²) in [6.07, 6.45) is 1.64. The van der Waals surface area contributed by atoms with Crippen LogP contribution in [0.25, 0.3) is 11.3 Å². The Labute approximate surface area is 167 Å². The van der Waals surface area contributed by atoms with Gasteiger partial charge in [0.2, 0.25) is 0 Å². The number of H-pyrrole nitrogens is 1. The minimum atomic E-state index is -3.89. The monoisotopic (exact) mass is 419 g/mol. The van der Waals surface area contributed by atoms with Gasteiger partial charge in [0.25, 0.3) is 10.0 Å². The molecule has 9 heteroatoms. The first-order chi connectivity index (χ1) is 13.4. The first kappa shape index (κ1) is 18.6. The Balaban J connectivity index is 2.01. The van der Waals surface area contributed by atoms with Crippen LogP contribution in [-0.4, -0.2) is 32.8 Å². The number of aromatic nitrogens is 2. The summed E-state index contributed by atoms with van der Waals surface area (Å²) < 4.78 is 39.4. The van der Waals surface area contributed by atoms with Crippen molar-refractivity contribution in [3.8, 4) is 22.8 Å². The van der Waals surface area contributed by atoms with Crippen LogP contribution in [-0.2, 0) is 10.0 Å². The van der Waals surface area contributed by atoms with Gasteiger partial charge in [-0.05, 0) is 31.2 Å². The van der Waals surface area contributed by atoms with Gasteiger partial charge in [-0.25, -0.2) is 8.42 Å². The lowest BCUT2D eigenvalue weighted by Crippen LogP contribution is -2.36. The average Bonchev–Trinajstić information content (AvgIpc) is 3.17. The summed E-state index contributed by atoms with van der Waals surface area (Å²) in [5, 5.41) is 7.55. The maximum absolute atomic E-state index is 13.6. The molecule has 3 aromatic rings. The van der Waals surface area contributed by atoms with E-state index in [0.717, 1.165) is 11.3 Å². The van der Waals surface area contributed by atoms with Gasteiger partial charge in [-0.1, -0.05) is 11.6 Å². The summed E-state index contributed by atoms with van der Waals surface area (Å²) in [6, 6.07) is 9.01. The van der Waals surface area contributed by atoms with E-state index in [1.54, 1.807) is 30.5 Å². The van der Waals surface area contributed by atoms with Crippen molar-refractivity contribution in [1.29, 1.82) is 0 Å². The van der Waals surface area contributed by atoms with E-state index in [1.165, 1.54) is 30.7 Å². The Kier molecular flexibility index (Phi) is 4.47. The average molecular weight is 420 g/mol. The molecule has 28 heavy (non-hydrogen) atoms. The Hall–Kier alpha value is -2.71. The number of sulfonamides is 1. The molecule has 0 saturated heterocycles. The second-order valence-corrected chi connectivity index (χ2v) is 8.61. The van der Waals surface area contributed by atoms with Crippen molar-refractivity contribution in [2.24, 2.45) is 0 Å². The summed E-state index contributed by atoms with van der Waals surface area (Å²) in [5.74, 6) is 0.977. The lowest BCUT2D eigenvalue weighted by atomic mass is 9.96.